The molecule has 0 bridgehead atoms. The van der Waals surface area contributed by atoms with Crippen LogP contribution >= 0.6 is 11.3 Å². The van der Waals surface area contributed by atoms with Crippen molar-refractivity contribution in [1.82, 2.24) is 9.80 Å². The summed E-state index contributed by atoms with van der Waals surface area (Å²) in [5, 5.41) is 2.10. The number of fused-ring (bicyclic) bond motifs is 1. The Hall–Kier alpha value is -2.18. The lowest BCUT2D eigenvalue weighted by Gasteiger charge is -2.38. The summed E-state index contributed by atoms with van der Waals surface area (Å²) in [4.78, 5) is 30.0. The number of hydrogen-bond donors (Lipinski definition) is 0. The lowest BCUT2D eigenvalue weighted by molar-refractivity contribution is -0.141. The Kier molecular flexibility index (Phi) is 6.29. The van der Waals surface area contributed by atoms with Gasteiger partial charge in [-0.2, -0.15) is 0 Å². The van der Waals surface area contributed by atoms with Gasteiger partial charge in [0, 0.05) is 32.0 Å². The van der Waals surface area contributed by atoms with E-state index < -0.39 is 0 Å². The maximum absolute atomic E-state index is 13.2. The van der Waals surface area contributed by atoms with Gasteiger partial charge in [-0.15, -0.1) is 11.3 Å². The summed E-state index contributed by atoms with van der Waals surface area (Å²) in [6.45, 7) is 5.17. The number of methoxy groups -OCH3 is 1. The van der Waals surface area contributed by atoms with Crippen molar-refractivity contribution in [2.45, 2.75) is 26.3 Å². The number of ether oxygens (including phenoxy) is 1. The average molecular weight is 387 g/mol. The highest BCUT2D eigenvalue weighted by Gasteiger charge is 2.34. The van der Waals surface area contributed by atoms with Crippen LogP contribution in [0.3, 0.4) is 0 Å². The first-order chi connectivity index (χ1) is 13.0. The molecule has 0 N–H and O–H groups in total. The first-order valence-electron chi connectivity index (χ1n) is 9.18. The monoisotopic (exact) mass is 386 g/mol. The molecule has 0 fully saturated rings. The van der Waals surface area contributed by atoms with Gasteiger partial charge in [0.05, 0.1) is 19.2 Å². The van der Waals surface area contributed by atoms with Crippen molar-refractivity contribution in [2.24, 2.45) is 0 Å². The number of thiophene rings is 1. The van der Waals surface area contributed by atoms with E-state index >= 15 is 0 Å². The number of benzene rings is 1. The molecule has 144 valence electrons. The normalized spacial score (nSPS) is 16.1. The second-order valence-corrected chi connectivity index (χ2v) is 7.83. The maximum Gasteiger partial charge on any atom is 0.242 e. The molecule has 1 aliphatic rings. The fourth-order valence-electron chi connectivity index (χ4n) is 3.62. The minimum absolute atomic E-state index is 0.0218. The summed E-state index contributed by atoms with van der Waals surface area (Å²) in [6.07, 6.45) is 0.860. The first-order valence-corrected chi connectivity index (χ1v) is 10.1. The van der Waals surface area contributed by atoms with Gasteiger partial charge in [0.1, 0.15) is 0 Å². The van der Waals surface area contributed by atoms with Gasteiger partial charge in [-0.3, -0.25) is 9.59 Å². The van der Waals surface area contributed by atoms with Gasteiger partial charge in [-0.25, -0.2) is 0 Å². The Morgan fingerprint density at radius 1 is 1.26 bits per heavy atom. The number of hydrogen-bond acceptors (Lipinski definition) is 4. The van der Waals surface area contributed by atoms with Crippen molar-refractivity contribution >= 4 is 23.2 Å². The number of carbonyl (C=O) groups is 2. The Morgan fingerprint density at radius 2 is 2.04 bits per heavy atom. The van der Waals surface area contributed by atoms with Crippen LogP contribution < -0.4 is 0 Å². The van der Waals surface area contributed by atoms with E-state index in [-0.39, 0.29) is 24.4 Å². The highest BCUT2D eigenvalue weighted by Crippen LogP contribution is 2.38. The van der Waals surface area contributed by atoms with E-state index in [0.717, 1.165) is 12.0 Å². The molecule has 0 spiro atoms. The standard InChI is InChI=1S/C21H26N2O3S/c1-15-6-4-5-7-17(15)21-18-9-13-27-19(18)8-10-23(21)20(25)14-22(16(2)24)11-12-26-3/h4-7,9,13,21H,8,10-12,14H2,1-3H3/t21-/m0/s1. The van der Waals surface area contributed by atoms with Crippen LogP contribution in [0.4, 0.5) is 0 Å². The molecular formula is C21H26N2O3S. The predicted molar refractivity (Wildman–Crippen MR) is 107 cm³/mol. The summed E-state index contributed by atoms with van der Waals surface area (Å²) in [5.74, 6) is -0.132. The third-order valence-corrected chi connectivity index (χ3v) is 6.10. The Balaban J connectivity index is 1.90. The van der Waals surface area contributed by atoms with Crippen molar-refractivity contribution in [3.63, 3.8) is 0 Å². The molecule has 0 saturated heterocycles. The summed E-state index contributed by atoms with van der Waals surface area (Å²) in [6, 6.07) is 10.3. The summed E-state index contributed by atoms with van der Waals surface area (Å²) < 4.78 is 5.07. The lowest BCUT2D eigenvalue weighted by Crippen LogP contribution is -2.47. The van der Waals surface area contributed by atoms with E-state index in [4.69, 9.17) is 4.74 Å². The first kappa shape index (κ1) is 19.6. The van der Waals surface area contributed by atoms with Crippen LogP contribution in [-0.4, -0.2) is 55.0 Å². The largest absolute Gasteiger partial charge is 0.383 e. The van der Waals surface area contributed by atoms with Gasteiger partial charge in [-0.1, -0.05) is 24.3 Å². The van der Waals surface area contributed by atoms with Crippen LogP contribution in [0.2, 0.25) is 0 Å². The van der Waals surface area contributed by atoms with E-state index in [1.165, 1.54) is 22.9 Å². The quantitative estimate of drug-likeness (QED) is 0.767. The molecule has 1 aromatic heterocycles. The number of carbonyl (C=O) groups excluding carboxylic acids is 2. The molecular weight excluding hydrogens is 360 g/mol. The van der Waals surface area contributed by atoms with Crippen molar-refractivity contribution in [2.75, 3.05) is 33.4 Å². The lowest BCUT2D eigenvalue weighted by atomic mass is 9.90. The van der Waals surface area contributed by atoms with Gasteiger partial charge >= 0.3 is 0 Å². The van der Waals surface area contributed by atoms with Crippen LogP contribution in [0.1, 0.15) is 34.5 Å². The van der Waals surface area contributed by atoms with E-state index in [9.17, 15) is 9.59 Å². The molecule has 1 aliphatic heterocycles. The molecule has 1 atom stereocenters. The number of amides is 2. The van der Waals surface area contributed by atoms with Crippen molar-refractivity contribution < 1.29 is 14.3 Å². The molecule has 2 amide bonds. The Labute approximate surface area is 164 Å². The third kappa shape index (κ3) is 4.22. The summed E-state index contributed by atoms with van der Waals surface area (Å²) in [7, 11) is 1.59. The number of aryl methyl sites for hydroxylation is 1. The summed E-state index contributed by atoms with van der Waals surface area (Å²) in [5.41, 5.74) is 3.53. The van der Waals surface area contributed by atoms with E-state index in [1.54, 1.807) is 23.3 Å². The summed E-state index contributed by atoms with van der Waals surface area (Å²) >= 11 is 1.75. The second kappa shape index (κ2) is 8.67. The molecule has 27 heavy (non-hydrogen) atoms. The second-order valence-electron chi connectivity index (χ2n) is 6.83. The van der Waals surface area contributed by atoms with Gasteiger partial charge < -0.3 is 14.5 Å². The Morgan fingerprint density at radius 3 is 2.74 bits per heavy atom. The zero-order valence-corrected chi connectivity index (χ0v) is 16.9. The highest BCUT2D eigenvalue weighted by atomic mass is 32.1. The third-order valence-electron chi connectivity index (χ3n) is 5.11. The molecule has 5 nitrogen and oxygen atoms in total. The van der Waals surface area contributed by atoms with Crippen molar-refractivity contribution in [3.05, 3.63) is 57.3 Å². The Bertz CT molecular complexity index is 817. The molecule has 1 aromatic carbocycles. The molecule has 6 heteroatoms. The topological polar surface area (TPSA) is 49.9 Å². The maximum atomic E-state index is 13.2. The SMILES string of the molecule is COCCN(CC(=O)N1CCc2sccc2[C@@H]1c1ccccc1C)C(C)=O. The zero-order chi connectivity index (χ0) is 19.4. The van der Waals surface area contributed by atoms with Crippen LogP contribution in [0.25, 0.3) is 0 Å². The van der Waals surface area contributed by atoms with E-state index in [0.29, 0.717) is 19.7 Å². The van der Waals surface area contributed by atoms with Gasteiger partial charge in [0.15, 0.2) is 0 Å². The molecule has 0 radical (unpaired) electrons. The van der Waals surface area contributed by atoms with Crippen LogP contribution in [0.15, 0.2) is 35.7 Å². The fraction of sp³-hybridized carbons (Fsp3) is 0.429. The zero-order valence-electron chi connectivity index (χ0n) is 16.1. The number of nitrogens with zero attached hydrogens (tertiary/aromatic N) is 2. The molecule has 0 unspecified atom stereocenters. The molecule has 2 heterocycles. The van der Waals surface area contributed by atoms with Gasteiger partial charge in [0.25, 0.3) is 0 Å². The molecule has 0 aliphatic carbocycles. The minimum Gasteiger partial charge on any atom is -0.383 e. The number of rotatable bonds is 6. The van der Waals surface area contributed by atoms with Crippen LogP contribution in [-0.2, 0) is 20.7 Å². The van der Waals surface area contributed by atoms with Crippen LogP contribution in [0.5, 0.6) is 0 Å². The van der Waals surface area contributed by atoms with E-state index in [1.807, 2.05) is 17.0 Å². The molecule has 3 rings (SSSR count). The smallest absolute Gasteiger partial charge is 0.242 e. The molecule has 0 saturated carbocycles. The van der Waals surface area contributed by atoms with Crippen LogP contribution in [0, 0.1) is 6.92 Å². The predicted octanol–water partition coefficient (Wildman–Crippen LogP) is 3.03. The minimum atomic E-state index is -0.110. The molecule has 2 aromatic rings. The van der Waals surface area contributed by atoms with Gasteiger partial charge in [0.2, 0.25) is 11.8 Å². The van der Waals surface area contributed by atoms with Crippen molar-refractivity contribution in [3.8, 4) is 0 Å². The highest BCUT2D eigenvalue weighted by molar-refractivity contribution is 7.10. The van der Waals surface area contributed by atoms with Crippen molar-refractivity contribution in [1.29, 1.82) is 0 Å². The van der Waals surface area contributed by atoms with Gasteiger partial charge in [-0.05, 0) is 41.5 Å². The van der Waals surface area contributed by atoms with E-state index in [2.05, 4.69) is 30.5 Å². The average Bonchev–Trinajstić information content (AvgIpc) is 3.13. The fourth-order valence-corrected chi connectivity index (χ4v) is 4.52.